The molecular formula is C15H23NO. The molecule has 1 aromatic carbocycles. The Labute approximate surface area is 104 Å². The van der Waals surface area contributed by atoms with Crippen LogP contribution in [0.5, 0.6) is 0 Å². The van der Waals surface area contributed by atoms with Crippen LogP contribution in [-0.4, -0.2) is 18.7 Å². The van der Waals surface area contributed by atoms with Crippen molar-refractivity contribution in [2.45, 2.75) is 51.4 Å². The molecule has 1 fully saturated rings. The molecule has 0 heterocycles. The number of rotatable bonds is 5. The van der Waals surface area contributed by atoms with Crippen molar-refractivity contribution in [3.8, 4) is 0 Å². The van der Waals surface area contributed by atoms with Crippen LogP contribution in [0.25, 0.3) is 0 Å². The molecule has 2 heteroatoms. The zero-order valence-corrected chi connectivity index (χ0v) is 10.7. The van der Waals surface area contributed by atoms with E-state index < -0.39 is 0 Å². The third-order valence-electron chi connectivity index (χ3n) is 3.45. The van der Waals surface area contributed by atoms with Crippen molar-refractivity contribution in [2.24, 2.45) is 0 Å². The fraction of sp³-hybridized carbons (Fsp3) is 0.600. The molecule has 2 nitrogen and oxygen atoms in total. The summed E-state index contributed by atoms with van der Waals surface area (Å²) in [7, 11) is 0. The zero-order valence-electron chi connectivity index (χ0n) is 10.7. The van der Waals surface area contributed by atoms with E-state index in [0.29, 0.717) is 12.1 Å². The van der Waals surface area contributed by atoms with E-state index in [4.69, 9.17) is 4.74 Å². The summed E-state index contributed by atoms with van der Waals surface area (Å²) in [4.78, 5) is 0. The van der Waals surface area contributed by atoms with E-state index in [9.17, 15) is 0 Å². The topological polar surface area (TPSA) is 21.3 Å². The van der Waals surface area contributed by atoms with E-state index in [1.54, 1.807) is 0 Å². The maximum Gasteiger partial charge on any atom is 0.0720 e. The molecule has 0 spiro atoms. The second-order valence-corrected chi connectivity index (χ2v) is 4.84. The first-order chi connectivity index (χ1) is 8.38. The number of hydrogen-bond donors (Lipinski definition) is 1. The SMILES string of the molecule is CCNC1CCCC(OCc2ccccc2)C1. The Morgan fingerprint density at radius 2 is 2.06 bits per heavy atom. The molecule has 94 valence electrons. The minimum atomic E-state index is 0.438. The van der Waals surface area contributed by atoms with E-state index in [1.165, 1.54) is 31.2 Å². The lowest BCUT2D eigenvalue weighted by molar-refractivity contribution is 0.00870. The van der Waals surface area contributed by atoms with E-state index >= 15 is 0 Å². The Bertz CT molecular complexity index is 310. The molecule has 1 N–H and O–H groups in total. The van der Waals surface area contributed by atoms with Gasteiger partial charge in [0.15, 0.2) is 0 Å². The molecule has 0 bridgehead atoms. The molecule has 0 radical (unpaired) electrons. The second kappa shape index (κ2) is 6.77. The van der Waals surface area contributed by atoms with E-state index in [0.717, 1.165) is 13.2 Å². The summed E-state index contributed by atoms with van der Waals surface area (Å²) < 4.78 is 6.01. The van der Waals surface area contributed by atoms with E-state index in [1.807, 2.05) is 6.07 Å². The molecule has 1 aliphatic rings. The van der Waals surface area contributed by atoms with Crippen LogP contribution >= 0.6 is 0 Å². The van der Waals surface area contributed by atoms with Crippen LogP contribution in [0, 0.1) is 0 Å². The Hall–Kier alpha value is -0.860. The largest absolute Gasteiger partial charge is 0.373 e. The molecule has 1 saturated carbocycles. The summed E-state index contributed by atoms with van der Waals surface area (Å²) in [6.07, 6.45) is 5.42. The Kier molecular flexibility index (Phi) is 5.02. The van der Waals surface area contributed by atoms with Gasteiger partial charge < -0.3 is 10.1 Å². The van der Waals surface area contributed by atoms with Gasteiger partial charge in [-0.05, 0) is 37.8 Å². The third kappa shape index (κ3) is 4.14. The van der Waals surface area contributed by atoms with Gasteiger partial charge in [-0.1, -0.05) is 37.3 Å². The van der Waals surface area contributed by atoms with Crippen molar-refractivity contribution in [1.29, 1.82) is 0 Å². The monoisotopic (exact) mass is 233 g/mol. The van der Waals surface area contributed by atoms with Gasteiger partial charge in [0, 0.05) is 6.04 Å². The lowest BCUT2D eigenvalue weighted by Crippen LogP contribution is -2.36. The van der Waals surface area contributed by atoms with Crippen molar-refractivity contribution in [3.05, 3.63) is 35.9 Å². The highest BCUT2D eigenvalue weighted by Gasteiger charge is 2.21. The predicted molar refractivity (Wildman–Crippen MR) is 71.0 cm³/mol. The zero-order chi connectivity index (χ0) is 11.9. The molecular weight excluding hydrogens is 210 g/mol. The van der Waals surface area contributed by atoms with Gasteiger partial charge in [-0.15, -0.1) is 0 Å². The fourth-order valence-electron chi connectivity index (χ4n) is 2.56. The lowest BCUT2D eigenvalue weighted by atomic mass is 9.93. The molecule has 2 atom stereocenters. The lowest BCUT2D eigenvalue weighted by Gasteiger charge is -2.29. The van der Waals surface area contributed by atoms with E-state index in [2.05, 4.69) is 36.5 Å². The van der Waals surface area contributed by atoms with Crippen molar-refractivity contribution >= 4 is 0 Å². The maximum absolute atomic E-state index is 6.01. The molecule has 0 amide bonds. The average molecular weight is 233 g/mol. The molecule has 0 aliphatic heterocycles. The van der Waals surface area contributed by atoms with Gasteiger partial charge in [-0.3, -0.25) is 0 Å². The van der Waals surface area contributed by atoms with Crippen LogP contribution < -0.4 is 5.32 Å². The summed E-state index contributed by atoms with van der Waals surface area (Å²) in [5, 5.41) is 3.53. The number of nitrogens with one attached hydrogen (secondary N) is 1. The molecule has 0 aromatic heterocycles. The molecule has 2 unspecified atom stereocenters. The van der Waals surface area contributed by atoms with Crippen molar-refractivity contribution in [2.75, 3.05) is 6.54 Å². The normalized spacial score (nSPS) is 24.8. The second-order valence-electron chi connectivity index (χ2n) is 4.84. The highest BCUT2D eigenvalue weighted by atomic mass is 16.5. The van der Waals surface area contributed by atoms with Gasteiger partial charge in [-0.25, -0.2) is 0 Å². The number of hydrogen-bond acceptors (Lipinski definition) is 2. The van der Waals surface area contributed by atoms with Crippen molar-refractivity contribution in [1.82, 2.24) is 5.32 Å². The van der Waals surface area contributed by atoms with Gasteiger partial charge in [0.25, 0.3) is 0 Å². The molecule has 2 rings (SSSR count). The van der Waals surface area contributed by atoms with Crippen LogP contribution in [0.2, 0.25) is 0 Å². The summed E-state index contributed by atoms with van der Waals surface area (Å²) >= 11 is 0. The average Bonchev–Trinajstić information content (AvgIpc) is 2.39. The Morgan fingerprint density at radius 3 is 2.82 bits per heavy atom. The number of benzene rings is 1. The molecule has 1 aliphatic carbocycles. The van der Waals surface area contributed by atoms with Gasteiger partial charge in [0.1, 0.15) is 0 Å². The Morgan fingerprint density at radius 1 is 1.24 bits per heavy atom. The van der Waals surface area contributed by atoms with Gasteiger partial charge in [0.05, 0.1) is 12.7 Å². The van der Waals surface area contributed by atoms with Crippen molar-refractivity contribution in [3.63, 3.8) is 0 Å². The van der Waals surface area contributed by atoms with Crippen LogP contribution in [0.3, 0.4) is 0 Å². The fourth-order valence-corrected chi connectivity index (χ4v) is 2.56. The van der Waals surface area contributed by atoms with Crippen LogP contribution in [0.1, 0.15) is 38.2 Å². The van der Waals surface area contributed by atoms with Gasteiger partial charge in [0.2, 0.25) is 0 Å². The summed E-state index contributed by atoms with van der Waals surface area (Å²) in [6.45, 7) is 3.99. The molecule has 17 heavy (non-hydrogen) atoms. The molecule has 1 aromatic rings. The first kappa shape index (κ1) is 12.6. The highest BCUT2D eigenvalue weighted by Crippen LogP contribution is 2.22. The maximum atomic E-state index is 6.01. The minimum absolute atomic E-state index is 0.438. The quantitative estimate of drug-likeness (QED) is 0.843. The smallest absolute Gasteiger partial charge is 0.0720 e. The summed E-state index contributed by atoms with van der Waals surface area (Å²) in [5.41, 5.74) is 1.28. The summed E-state index contributed by atoms with van der Waals surface area (Å²) in [6, 6.07) is 11.1. The van der Waals surface area contributed by atoms with Gasteiger partial charge >= 0.3 is 0 Å². The standard InChI is InChI=1S/C15H23NO/c1-2-16-14-9-6-10-15(11-14)17-12-13-7-4-3-5-8-13/h3-5,7-8,14-16H,2,6,9-12H2,1H3. The van der Waals surface area contributed by atoms with Crippen LogP contribution in [-0.2, 0) is 11.3 Å². The van der Waals surface area contributed by atoms with Crippen molar-refractivity contribution < 1.29 is 4.74 Å². The molecule has 0 saturated heterocycles. The highest BCUT2D eigenvalue weighted by molar-refractivity contribution is 5.13. The minimum Gasteiger partial charge on any atom is -0.373 e. The van der Waals surface area contributed by atoms with E-state index in [-0.39, 0.29) is 0 Å². The Balaban J connectivity index is 1.75. The summed E-state index contributed by atoms with van der Waals surface area (Å²) in [5.74, 6) is 0. The predicted octanol–water partition coefficient (Wildman–Crippen LogP) is 3.12. The van der Waals surface area contributed by atoms with Crippen LogP contribution in [0.4, 0.5) is 0 Å². The first-order valence-corrected chi connectivity index (χ1v) is 6.77. The first-order valence-electron chi connectivity index (χ1n) is 6.77. The number of ether oxygens (including phenoxy) is 1. The van der Waals surface area contributed by atoms with Gasteiger partial charge in [-0.2, -0.15) is 0 Å². The van der Waals surface area contributed by atoms with Crippen LogP contribution in [0.15, 0.2) is 30.3 Å². The third-order valence-corrected chi connectivity index (χ3v) is 3.45.